The normalized spacial score (nSPS) is 13.0. The molecule has 25 heavy (non-hydrogen) atoms. The van der Waals surface area contributed by atoms with Gasteiger partial charge in [0.1, 0.15) is 10.8 Å². The Hall–Kier alpha value is -2.93. The van der Waals surface area contributed by atoms with Crippen LogP contribution in [0.15, 0.2) is 41.5 Å². The molecule has 1 aromatic carbocycles. The summed E-state index contributed by atoms with van der Waals surface area (Å²) < 4.78 is 5.78. The molecule has 0 saturated carbocycles. The van der Waals surface area contributed by atoms with Gasteiger partial charge in [0.05, 0.1) is 24.1 Å². The Morgan fingerprint density at radius 2 is 2.08 bits per heavy atom. The van der Waals surface area contributed by atoms with Crippen LogP contribution in [0.5, 0.6) is 11.8 Å². The fourth-order valence-electron chi connectivity index (χ4n) is 2.72. The van der Waals surface area contributed by atoms with Crippen LogP contribution in [0, 0.1) is 6.92 Å². The van der Waals surface area contributed by atoms with Crippen LogP contribution in [0.2, 0.25) is 5.02 Å². The summed E-state index contributed by atoms with van der Waals surface area (Å²) in [6.45, 7) is 3.03. The summed E-state index contributed by atoms with van der Waals surface area (Å²) in [6, 6.07) is 7.99. The molecule has 0 saturated heterocycles. The van der Waals surface area contributed by atoms with Crippen molar-refractivity contribution in [2.45, 2.75) is 20.0 Å². The molecule has 0 aliphatic carbocycles. The Kier molecular flexibility index (Phi) is 3.85. The molecule has 0 atom stereocenters. The monoisotopic (exact) mass is 355 g/mol. The van der Waals surface area contributed by atoms with E-state index in [4.69, 9.17) is 16.3 Å². The van der Waals surface area contributed by atoms with E-state index in [2.05, 4.69) is 20.2 Å². The van der Waals surface area contributed by atoms with Crippen molar-refractivity contribution < 1.29 is 4.74 Å². The molecule has 0 unspecified atom stereocenters. The van der Waals surface area contributed by atoms with Crippen molar-refractivity contribution in [3.05, 3.63) is 68.9 Å². The van der Waals surface area contributed by atoms with Crippen LogP contribution < -0.4 is 15.2 Å². The number of ether oxygens (including phenoxy) is 1. The Morgan fingerprint density at radius 1 is 1.24 bits per heavy atom. The number of para-hydroxylation sites is 1. The quantitative estimate of drug-likeness (QED) is 0.777. The lowest BCUT2D eigenvalue weighted by atomic mass is 10.2. The molecule has 8 heteroatoms. The SMILES string of the molecule is Cc1ccccc1Oc1ncc2c(n1)CN(c1cn[nH]c(=O)c1Cl)C2. The Bertz CT molecular complexity index is 1000. The Balaban J connectivity index is 1.59. The number of fused-ring (bicyclic) bond motifs is 1. The standard InChI is InChI=1S/C17H14ClN5O2/c1-10-4-2-3-5-14(10)25-17-19-6-11-8-23(9-12(11)21-17)13-7-20-22-16(24)15(13)18/h2-7H,8-9H2,1H3,(H,22,24). The minimum absolute atomic E-state index is 0.118. The maximum Gasteiger partial charge on any atom is 0.322 e. The van der Waals surface area contributed by atoms with Crippen LogP contribution >= 0.6 is 11.6 Å². The zero-order chi connectivity index (χ0) is 17.4. The lowest BCUT2D eigenvalue weighted by molar-refractivity contribution is 0.436. The predicted molar refractivity (Wildman–Crippen MR) is 93.0 cm³/mol. The molecule has 7 nitrogen and oxygen atoms in total. The van der Waals surface area contributed by atoms with Crippen molar-refractivity contribution in [2.75, 3.05) is 4.90 Å². The first-order valence-corrected chi connectivity index (χ1v) is 8.06. The molecule has 1 aliphatic rings. The second-order valence-corrected chi connectivity index (χ2v) is 6.12. The molecule has 1 aliphatic heterocycles. The molecule has 0 spiro atoms. The van der Waals surface area contributed by atoms with Gasteiger partial charge in [0.2, 0.25) is 0 Å². The highest BCUT2D eigenvalue weighted by Gasteiger charge is 2.24. The highest BCUT2D eigenvalue weighted by atomic mass is 35.5. The van der Waals surface area contributed by atoms with Gasteiger partial charge in [-0.2, -0.15) is 10.1 Å². The Labute approximate surface area is 148 Å². The number of hydrogen-bond donors (Lipinski definition) is 1. The van der Waals surface area contributed by atoms with Crippen molar-refractivity contribution in [1.29, 1.82) is 0 Å². The molecule has 4 rings (SSSR count). The van der Waals surface area contributed by atoms with Crippen molar-refractivity contribution in [1.82, 2.24) is 20.2 Å². The van der Waals surface area contributed by atoms with Crippen LogP contribution in [0.4, 0.5) is 5.69 Å². The number of nitrogens with zero attached hydrogens (tertiary/aromatic N) is 4. The van der Waals surface area contributed by atoms with Crippen LogP contribution in [0.1, 0.15) is 16.8 Å². The van der Waals surface area contributed by atoms with Gasteiger partial charge in [0.25, 0.3) is 5.56 Å². The summed E-state index contributed by atoms with van der Waals surface area (Å²) in [5.74, 6) is 0.721. The fraction of sp³-hybridized carbons (Fsp3) is 0.176. The number of aromatic nitrogens is 4. The maximum atomic E-state index is 11.6. The van der Waals surface area contributed by atoms with E-state index in [0.717, 1.165) is 22.6 Å². The molecular weight excluding hydrogens is 342 g/mol. The highest BCUT2D eigenvalue weighted by molar-refractivity contribution is 6.33. The first kappa shape index (κ1) is 15.6. The number of anilines is 1. The van der Waals surface area contributed by atoms with Gasteiger partial charge in [-0.1, -0.05) is 29.8 Å². The molecular formula is C17H14ClN5O2. The van der Waals surface area contributed by atoms with Gasteiger partial charge in [-0.15, -0.1) is 0 Å². The van der Waals surface area contributed by atoms with Gasteiger partial charge < -0.3 is 9.64 Å². The molecule has 0 radical (unpaired) electrons. The summed E-state index contributed by atoms with van der Waals surface area (Å²) in [5, 5.41) is 6.24. The summed E-state index contributed by atoms with van der Waals surface area (Å²) in [5.41, 5.74) is 2.98. The molecule has 126 valence electrons. The minimum atomic E-state index is -0.412. The van der Waals surface area contributed by atoms with Crippen LogP contribution in [0.25, 0.3) is 0 Å². The molecule has 0 bridgehead atoms. The maximum absolute atomic E-state index is 11.6. The van der Waals surface area contributed by atoms with E-state index in [1.54, 1.807) is 6.20 Å². The van der Waals surface area contributed by atoms with Crippen molar-refractivity contribution >= 4 is 17.3 Å². The van der Waals surface area contributed by atoms with Gasteiger partial charge in [-0.05, 0) is 18.6 Å². The largest absolute Gasteiger partial charge is 0.424 e. The second kappa shape index (κ2) is 6.18. The number of hydrogen-bond acceptors (Lipinski definition) is 6. The third-order valence-corrected chi connectivity index (χ3v) is 4.41. The lowest BCUT2D eigenvalue weighted by Gasteiger charge is -2.17. The summed E-state index contributed by atoms with van der Waals surface area (Å²) in [4.78, 5) is 22.3. The lowest BCUT2D eigenvalue weighted by Crippen LogP contribution is -2.20. The van der Waals surface area contributed by atoms with E-state index in [0.29, 0.717) is 24.8 Å². The predicted octanol–water partition coefficient (Wildman–Crippen LogP) is 2.83. The Morgan fingerprint density at radius 3 is 2.92 bits per heavy atom. The van der Waals surface area contributed by atoms with Crippen LogP contribution in [-0.2, 0) is 13.1 Å². The van der Waals surface area contributed by atoms with Crippen LogP contribution in [0.3, 0.4) is 0 Å². The average molecular weight is 356 g/mol. The third-order valence-electron chi connectivity index (χ3n) is 4.05. The zero-order valence-corrected chi connectivity index (χ0v) is 14.1. The van der Waals surface area contributed by atoms with Gasteiger partial charge in [0, 0.05) is 18.3 Å². The zero-order valence-electron chi connectivity index (χ0n) is 13.4. The van der Waals surface area contributed by atoms with Gasteiger partial charge in [-0.3, -0.25) is 4.79 Å². The molecule has 3 heterocycles. The average Bonchev–Trinajstić information content (AvgIpc) is 3.02. The van der Waals surface area contributed by atoms with E-state index in [1.807, 2.05) is 36.1 Å². The van der Waals surface area contributed by atoms with E-state index in [1.165, 1.54) is 6.20 Å². The first-order valence-electron chi connectivity index (χ1n) is 7.68. The fourth-order valence-corrected chi connectivity index (χ4v) is 2.93. The number of halogens is 1. The van der Waals surface area contributed by atoms with E-state index in [9.17, 15) is 4.79 Å². The molecule has 0 amide bonds. The molecule has 1 N–H and O–H groups in total. The van der Waals surface area contributed by atoms with Crippen LogP contribution in [-0.4, -0.2) is 20.2 Å². The van der Waals surface area contributed by atoms with Crippen molar-refractivity contribution in [2.24, 2.45) is 0 Å². The number of rotatable bonds is 3. The van der Waals surface area contributed by atoms with Gasteiger partial charge in [0.15, 0.2) is 0 Å². The molecule has 2 aromatic heterocycles. The summed E-state index contributed by atoms with van der Waals surface area (Å²) >= 11 is 6.09. The number of H-pyrrole nitrogens is 1. The van der Waals surface area contributed by atoms with E-state index < -0.39 is 5.56 Å². The smallest absolute Gasteiger partial charge is 0.322 e. The first-order chi connectivity index (χ1) is 12.1. The van der Waals surface area contributed by atoms with E-state index in [-0.39, 0.29) is 5.02 Å². The van der Waals surface area contributed by atoms with E-state index >= 15 is 0 Å². The topological polar surface area (TPSA) is 84.0 Å². The number of benzene rings is 1. The number of aromatic amines is 1. The second-order valence-electron chi connectivity index (χ2n) is 5.75. The summed E-state index contributed by atoms with van der Waals surface area (Å²) in [6.07, 6.45) is 3.28. The third kappa shape index (κ3) is 2.94. The van der Waals surface area contributed by atoms with Crippen molar-refractivity contribution in [3.8, 4) is 11.8 Å². The highest BCUT2D eigenvalue weighted by Crippen LogP contribution is 2.31. The van der Waals surface area contributed by atoms with Gasteiger partial charge in [-0.25, -0.2) is 10.1 Å². The van der Waals surface area contributed by atoms with Crippen molar-refractivity contribution in [3.63, 3.8) is 0 Å². The summed E-state index contributed by atoms with van der Waals surface area (Å²) in [7, 11) is 0. The molecule has 0 fully saturated rings. The molecule has 3 aromatic rings. The number of nitrogens with one attached hydrogen (secondary N) is 1. The minimum Gasteiger partial charge on any atom is -0.424 e. The number of aryl methyl sites for hydroxylation is 1. The van der Waals surface area contributed by atoms with Gasteiger partial charge >= 0.3 is 6.01 Å².